The fourth-order valence-corrected chi connectivity index (χ4v) is 4.10. The van der Waals surface area contributed by atoms with Crippen LogP contribution in [0.15, 0.2) is 23.2 Å². The Morgan fingerprint density at radius 3 is 2.70 bits per heavy atom. The molecule has 0 aliphatic carbocycles. The van der Waals surface area contributed by atoms with Gasteiger partial charge in [-0.2, -0.15) is 0 Å². The minimum absolute atomic E-state index is 0.0560. The Morgan fingerprint density at radius 2 is 1.96 bits per heavy atom. The zero-order valence-electron chi connectivity index (χ0n) is 14.9. The molecule has 8 heteroatoms. The predicted molar refractivity (Wildman–Crippen MR) is 99.5 cm³/mol. The fourth-order valence-electron chi connectivity index (χ4n) is 3.60. The molecule has 1 fully saturated rings. The third-order valence-electron chi connectivity index (χ3n) is 5.00. The molecule has 0 saturated carbocycles. The second-order valence-corrected chi connectivity index (χ2v) is 7.70. The monoisotopic (exact) mass is 392 g/mol. The van der Waals surface area contributed by atoms with Crippen LogP contribution in [0.1, 0.15) is 31.5 Å². The summed E-state index contributed by atoms with van der Waals surface area (Å²) < 4.78 is 43.0. The summed E-state index contributed by atoms with van der Waals surface area (Å²) in [7, 11) is 0. The summed E-state index contributed by atoms with van der Waals surface area (Å²) in [6, 6.07) is 2.95. The Balaban J connectivity index is 1.75. The van der Waals surface area contributed by atoms with Crippen LogP contribution >= 0.6 is 11.8 Å². The maximum absolute atomic E-state index is 14.4. The SMILES string of the molecule is CSc1cc(F)c(-c2cc3[nH]c(C4CCNC(C)C4)ncc-3n2)c(F)c1F. The van der Waals surface area contributed by atoms with E-state index in [1.54, 1.807) is 18.5 Å². The molecule has 3 heterocycles. The number of hydrogen-bond acceptors (Lipinski definition) is 4. The summed E-state index contributed by atoms with van der Waals surface area (Å²) in [5, 5.41) is 3.40. The highest BCUT2D eigenvalue weighted by molar-refractivity contribution is 7.98. The Kier molecular flexibility index (Phi) is 4.86. The van der Waals surface area contributed by atoms with E-state index < -0.39 is 23.0 Å². The van der Waals surface area contributed by atoms with Gasteiger partial charge in [-0.15, -0.1) is 11.8 Å². The number of aromatic amines is 1. The maximum Gasteiger partial charge on any atom is 0.173 e. The molecule has 0 bridgehead atoms. The van der Waals surface area contributed by atoms with E-state index in [-0.39, 0.29) is 16.5 Å². The van der Waals surface area contributed by atoms with Crippen molar-refractivity contribution in [2.75, 3.05) is 12.8 Å². The van der Waals surface area contributed by atoms with E-state index >= 15 is 0 Å². The Labute approximate surface area is 159 Å². The van der Waals surface area contributed by atoms with Gasteiger partial charge >= 0.3 is 0 Å². The number of rotatable bonds is 3. The lowest BCUT2D eigenvalue weighted by molar-refractivity contribution is 0.371. The minimum atomic E-state index is -1.22. The number of aromatic nitrogens is 3. The first kappa shape index (κ1) is 18.3. The van der Waals surface area contributed by atoms with Crippen LogP contribution < -0.4 is 5.32 Å². The average molecular weight is 392 g/mol. The van der Waals surface area contributed by atoms with Crippen molar-refractivity contribution in [2.45, 2.75) is 36.6 Å². The van der Waals surface area contributed by atoms with Crippen molar-refractivity contribution in [3.63, 3.8) is 0 Å². The Morgan fingerprint density at radius 1 is 1.15 bits per heavy atom. The third-order valence-corrected chi connectivity index (χ3v) is 5.74. The molecule has 2 atom stereocenters. The number of H-pyrrole nitrogens is 1. The molecule has 0 aromatic heterocycles. The van der Waals surface area contributed by atoms with Gasteiger partial charge in [0.15, 0.2) is 11.6 Å². The van der Waals surface area contributed by atoms with Gasteiger partial charge in [-0.05, 0) is 44.7 Å². The lowest BCUT2D eigenvalue weighted by atomic mass is 9.92. The largest absolute Gasteiger partial charge is 0.342 e. The molecule has 0 radical (unpaired) electrons. The summed E-state index contributed by atoms with van der Waals surface area (Å²) in [6.07, 6.45) is 5.08. The second kappa shape index (κ2) is 7.16. The lowest BCUT2D eigenvalue weighted by Gasteiger charge is -2.27. The molecule has 4 nitrogen and oxygen atoms in total. The van der Waals surface area contributed by atoms with E-state index in [0.29, 0.717) is 17.4 Å². The van der Waals surface area contributed by atoms with Gasteiger partial charge in [-0.1, -0.05) is 0 Å². The van der Waals surface area contributed by atoms with Crippen molar-refractivity contribution < 1.29 is 13.2 Å². The van der Waals surface area contributed by atoms with E-state index in [1.807, 2.05) is 0 Å². The van der Waals surface area contributed by atoms with Gasteiger partial charge in [0.05, 0.1) is 23.1 Å². The van der Waals surface area contributed by atoms with Crippen LogP contribution in [0, 0.1) is 17.5 Å². The van der Waals surface area contributed by atoms with E-state index in [0.717, 1.165) is 43.0 Å². The van der Waals surface area contributed by atoms with Gasteiger partial charge < -0.3 is 10.3 Å². The van der Waals surface area contributed by atoms with Crippen molar-refractivity contribution in [3.8, 4) is 22.6 Å². The summed E-state index contributed by atoms with van der Waals surface area (Å²) >= 11 is 0.954. The van der Waals surface area contributed by atoms with Crippen LogP contribution in [0.5, 0.6) is 0 Å². The van der Waals surface area contributed by atoms with Gasteiger partial charge in [0, 0.05) is 16.9 Å². The van der Waals surface area contributed by atoms with Gasteiger partial charge in [-0.3, -0.25) is 0 Å². The van der Waals surface area contributed by atoms with Gasteiger partial charge in [0.25, 0.3) is 0 Å². The molecule has 2 unspecified atom stereocenters. The van der Waals surface area contributed by atoms with Crippen molar-refractivity contribution in [3.05, 3.63) is 41.6 Å². The van der Waals surface area contributed by atoms with Crippen LogP contribution in [0.25, 0.3) is 22.6 Å². The van der Waals surface area contributed by atoms with Crippen LogP contribution in [0.2, 0.25) is 0 Å². The van der Waals surface area contributed by atoms with Gasteiger partial charge in [0.2, 0.25) is 0 Å². The van der Waals surface area contributed by atoms with Crippen LogP contribution in [0.3, 0.4) is 0 Å². The highest BCUT2D eigenvalue weighted by Gasteiger charge is 2.25. The van der Waals surface area contributed by atoms with Crippen LogP contribution in [0.4, 0.5) is 13.2 Å². The summed E-state index contributed by atoms with van der Waals surface area (Å²) in [6.45, 7) is 3.05. The normalized spacial score (nSPS) is 20.3. The zero-order chi connectivity index (χ0) is 19.1. The standard InChI is InChI=1S/C19H19F3N4S/c1-9-5-10(3-4-23-9)19-24-8-14-12(26-19)7-13(25-14)16-11(20)6-15(27-2)17(21)18(16)22/h6-10,23H,3-5H2,1-2H3,(H,24,26). The molecule has 4 rings (SSSR count). The number of hydrogen-bond donors (Lipinski definition) is 2. The molecule has 0 amide bonds. The van der Waals surface area contributed by atoms with E-state index in [4.69, 9.17) is 0 Å². The number of halogens is 3. The zero-order valence-corrected chi connectivity index (χ0v) is 15.8. The number of nitrogens with zero attached hydrogens (tertiary/aromatic N) is 2. The topological polar surface area (TPSA) is 53.6 Å². The molecular weight excluding hydrogens is 373 g/mol. The molecule has 1 saturated heterocycles. The van der Waals surface area contributed by atoms with Gasteiger partial charge in [-0.25, -0.2) is 23.1 Å². The van der Waals surface area contributed by atoms with Crippen molar-refractivity contribution in [1.29, 1.82) is 0 Å². The molecule has 1 aromatic carbocycles. The number of thioether (sulfide) groups is 1. The average Bonchev–Trinajstić information content (AvgIpc) is 3.07. The number of benzene rings is 1. The van der Waals surface area contributed by atoms with Gasteiger partial charge in [0.1, 0.15) is 17.3 Å². The molecule has 3 aliphatic heterocycles. The summed E-state index contributed by atoms with van der Waals surface area (Å²) in [4.78, 5) is 11.9. The highest BCUT2D eigenvalue weighted by Crippen LogP contribution is 2.35. The molecule has 142 valence electrons. The summed E-state index contributed by atoms with van der Waals surface area (Å²) in [5.74, 6) is -1.99. The van der Waals surface area contributed by atoms with Crippen molar-refractivity contribution in [2.24, 2.45) is 0 Å². The molecule has 0 spiro atoms. The number of nitrogens with one attached hydrogen (secondary N) is 2. The first-order chi connectivity index (χ1) is 13.0. The van der Waals surface area contributed by atoms with E-state index in [1.165, 1.54) is 0 Å². The maximum atomic E-state index is 14.4. The smallest absolute Gasteiger partial charge is 0.173 e. The number of piperidine rings is 1. The van der Waals surface area contributed by atoms with Crippen molar-refractivity contribution >= 4 is 11.8 Å². The molecule has 3 aliphatic rings. The predicted octanol–water partition coefficient (Wildman–Crippen LogP) is 4.57. The molecular formula is C19H19F3N4S. The fraction of sp³-hybridized carbons (Fsp3) is 0.368. The molecule has 1 aromatic rings. The first-order valence-corrected chi connectivity index (χ1v) is 10.0. The third kappa shape index (κ3) is 3.32. The van der Waals surface area contributed by atoms with E-state index in [2.05, 4.69) is 27.2 Å². The summed E-state index contributed by atoms with van der Waals surface area (Å²) in [5.41, 5.74) is 0.727. The highest BCUT2D eigenvalue weighted by atomic mass is 32.2. The minimum Gasteiger partial charge on any atom is -0.342 e. The van der Waals surface area contributed by atoms with Crippen LogP contribution in [-0.2, 0) is 0 Å². The Hall–Kier alpha value is -2.06. The first-order valence-electron chi connectivity index (χ1n) is 8.78. The Bertz CT molecular complexity index is 958. The van der Waals surface area contributed by atoms with Crippen molar-refractivity contribution in [1.82, 2.24) is 20.3 Å². The van der Waals surface area contributed by atoms with E-state index in [9.17, 15) is 13.2 Å². The second-order valence-electron chi connectivity index (χ2n) is 6.85. The number of fused-ring (bicyclic) bond motifs is 1. The quantitative estimate of drug-likeness (QED) is 0.506. The lowest BCUT2D eigenvalue weighted by Crippen LogP contribution is -2.35. The molecule has 27 heavy (non-hydrogen) atoms. The van der Waals surface area contributed by atoms with Crippen LogP contribution in [-0.4, -0.2) is 33.8 Å². The molecule has 2 N–H and O–H groups in total.